The molecule has 0 aliphatic carbocycles. The number of aliphatic hydroxyl groups is 1. The Morgan fingerprint density at radius 2 is 2.21 bits per heavy atom. The number of carboxylic acids is 1. The lowest BCUT2D eigenvalue weighted by atomic mass is 10.1. The van der Waals surface area contributed by atoms with Crippen LogP contribution in [0.5, 0.6) is 5.88 Å². The molecule has 0 unspecified atom stereocenters. The predicted molar refractivity (Wildman–Crippen MR) is 85.3 cm³/mol. The van der Waals surface area contributed by atoms with Crippen LogP contribution in [-0.2, 0) is 0 Å². The summed E-state index contributed by atoms with van der Waals surface area (Å²) < 4.78 is 5.32. The van der Waals surface area contributed by atoms with Gasteiger partial charge >= 0.3 is 5.97 Å². The van der Waals surface area contributed by atoms with Crippen molar-refractivity contribution < 1.29 is 19.7 Å². The van der Waals surface area contributed by atoms with Gasteiger partial charge in [0.05, 0.1) is 17.7 Å². The lowest BCUT2D eigenvalue weighted by molar-refractivity contribution is 0.0680. The van der Waals surface area contributed by atoms with Crippen LogP contribution in [0.15, 0.2) is 24.3 Å². The smallest absolute Gasteiger partial charge is 0.345 e. The largest absolute Gasteiger partial charge is 0.477 e. The number of hydrogen-bond acceptors (Lipinski definition) is 7. The summed E-state index contributed by atoms with van der Waals surface area (Å²) in [5.74, 6) is -1.67. The first-order chi connectivity index (χ1) is 11.5. The first kappa shape index (κ1) is 17.2. The number of aliphatic hydroxyl groups excluding tert-OH is 1. The van der Waals surface area contributed by atoms with Crippen molar-refractivity contribution in [2.24, 2.45) is 0 Å². The predicted octanol–water partition coefficient (Wildman–Crippen LogP) is 1.45. The van der Waals surface area contributed by atoms with Crippen molar-refractivity contribution in [1.29, 1.82) is 5.26 Å². The Kier molecular flexibility index (Phi) is 5.29. The highest BCUT2D eigenvalue weighted by molar-refractivity contribution is 5.95. The van der Waals surface area contributed by atoms with Crippen molar-refractivity contribution >= 4 is 11.8 Å². The number of benzene rings is 1. The number of carbonyl (C=O) groups is 1. The number of nitrogens with two attached hydrogens (primary N) is 1. The maximum absolute atomic E-state index is 11.4. The zero-order valence-corrected chi connectivity index (χ0v) is 12.9. The summed E-state index contributed by atoms with van der Waals surface area (Å²) in [5.41, 5.74) is 6.27. The number of aromatic carboxylic acids is 1. The van der Waals surface area contributed by atoms with Gasteiger partial charge in [-0.25, -0.2) is 9.78 Å². The molecular weight excluding hydrogens is 312 g/mol. The van der Waals surface area contributed by atoms with Crippen LogP contribution in [0.25, 0.3) is 11.4 Å². The minimum atomic E-state index is -1.33. The molecule has 1 aromatic heterocycles. The summed E-state index contributed by atoms with van der Waals surface area (Å²) in [7, 11) is 0. The van der Waals surface area contributed by atoms with Gasteiger partial charge in [0.25, 0.3) is 0 Å². The fourth-order valence-corrected chi connectivity index (χ4v) is 1.91. The summed E-state index contributed by atoms with van der Waals surface area (Å²) in [4.78, 5) is 19.4. The molecule has 124 valence electrons. The van der Waals surface area contributed by atoms with E-state index in [0.29, 0.717) is 17.5 Å². The number of ether oxygens (including phenoxy) is 1. The molecule has 1 atom stereocenters. The third-order valence-corrected chi connectivity index (χ3v) is 3.25. The van der Waals surface area contributed by atoms with E-state index in [2.05, 4.69) is 9.97 Å². The van der Waals surface area contributed by atoms with E-state index < -0.39 is 12.1 Å². The summed E-state index contributed by atoms with van der Waals surface area (Å²) in [6.07, 6.45) is -0.312. The first-order valence-corrected chi connectivity index (χ1v) is 7.18. The molecule has 0 spiro atoms. The van der Waals surface area contributed by atoms with Gasteiger partial charge in [-0.15, -0.1) is 0 Å². The van der Waals surface area contributed by atoms with E-state index in [1.807, 2.05) is 6.07 Å². The average Bonchev–Trinajstić information content (AvgIpc) is 2.58. The molecule has 0 fully saturated rings. The second-order valence-electron chi connectivity index (χ2n) is 4.98. The Hall–Kier alpha value is -3.18. The minimum absolute atomic E-state index is 0.120. The van der Waals surface area contributed by atoms with Crippen molar-refractivity contribution in [3.63, 3.8) is 0 Å². The molecule has 2 rings (SSSR count). The van der Waals surface area contributed by atoms with Gasteiger partial charge < -0.3 is 20.7 Å². The van der Waals surface area contributed by atoms with E-state index in [1.165, 1.54) is 0 Å². The van der Waals surface area contributed by atoms with Crippen LogP contribution in [0.2, 0.25) is 0 Å². The van der Waals surface area contributed by atoms with Crippen LogP contribution in [0.1, 0.15) is 29.3 Å². The highest BCUT2D eigenvalue weighted by atomic mass is 16.5. The number of anilines is 1. The normalized spacial score (nSPS) is 11.5. The van der Waals surface area contributed by atoms with Crippen molar-refractivity contribution in [3.8, 4) is 23.3 Å². The molecule has 0 radical (unpaired) electrons. The van der Waals surface area contributed by atoms with E-state index in [1.54, 1.807) is 31.2 Å². The number of carboxylic acid groups (broad SMARTS) is 1. The number of aromatic nitrogens is 2. The first-order valence-electron chi connectivity index (χ1n) is 7.18. The van der Waals surface area contributed by atoms with Crippen LogP contribution in [-0.4, -0.2) is 38.9 Å². The zero-order valence-electron chi connectivity index (χ0n) is 12.9. The van der Waals surface area contributed by atoms with E-state index >= 15 is 0 Å². The molecule has 0 amide bonds. The SMILES string of the molecule is CC[C@@H](O)COc1nc(-c2cccc(C#N)c2)nc(N)c1C(=O)O. The fourth-order valence-electron chi connectivity index (χ4n) is 1.91. The maximum Gasteiger partial charge on any atom is 0.345 e. The summed E-state index contributed by atoms with van der Waals surface area (Å²) in [6, 6.07) is 8.49. The molecule has 1 heterocycles. The third kappa shape index (κ3) is 3.77. The number of hydrogen-bond donors (Lipinski definition) is 3. The number of nitrogen functional groups attached to an aromatic ring is 1. The molecule has 0 saturated heterocycles. The van der Waals surface area contributed by atoms with Gasteiger partial charge in [-0.1, -0.05) is 19.1 Å². The van der Waals surface area contributed by atoms with E-state index in [9.17, 15) is 15.0 Å². The van der Waals surface area contributed by atoms with Crippen molar-refractivity contribution in [1.82, 2.24) is 9.97 Å². The number of rotatable bonds is 6. The summed E-state index contributed by atoms with van der Waals surface area (Å²) >= 11 is 0. The Morgan fingerprint density at radius 1 is 1.46 bits per heavy atom. The fraction of sp³-hybridized carbons (Fsp3) is 0.250. The van der Waals surface area contributed by atoms with Gasteiger partial charge in [0.2, 0.25) is 5.88 Å². The van der Waals surface area contributed by atoms with Crippen LogP contribution < -0.4 is 10.5 Å². The highest BCUT2D eigenvalue weighted by Crippen LogP contribution is 2.26. The molecule has 8 heteroatoms. The van der Waals surface area contributed by atoms with Gasteiger partial charge in [0, 0.05) is 5.56 Å². The molecule has 0 aliphatic heterocycles. The number of nitriles is 1. The van der Waals surface area contributed by atoms with Crippen LogP contribution in [0, 0.1) is 11.3 Å². The quantitative estimate of drug-likeness (QED) is 0.723. The molecule has 0 saturated carbocycles. The summed E-state index contributed by atoms with van der Waals surface area (Å²) in [5, 5.41) is 27.8. The second kappa shape index (κ2) is 7.39. The topological polar surface area (TPSA) is 142 Å². The Morgan fingerprint density at radius 3 is 2.83 bits per heavy atom. The summed E-state index contributed by atoms with van der Waals surface area (Å²) in [6.45, 7) is 1.64. The second-order valence-corrected chi connectivity index (χ2v) is 4.98. The van der Waals surface area contributed by atoms with Crippen molar-refractivity contribution in [3.05, 3.63) is 35.4 Å². The average molecular weight is 328 g/mol. The number of nitrogens with zero attached hydrogens (tertiary/aromatic N) is 3. The van der Waals surface area contributed by atoms with Crippen LogP contribution in [0.4, 0.5) is 5.82 Å². The van der Waals surface area contributed by atoms with E-state index in [-0.39, 0.29) is 29.7 Å². The van der Waals surface area contributed by atoms with E-state index in [0.717, 1.165) is 0 Å². The van der Waals surface area contributed by atoms with Gasteiger partial charge in [-0.3, -0.25) is 0 Å². The lowest BCUT2D eigenvalue weighted by Crippen LogP contribution is -2.19. The van der Waals surface area contributed by atoms with Crippen LogP contribution >= 0.6 is 0 Å². The van der Waals surface area contributed by atoms with Gasteiger partial charge in [0.15, 0.2) is 11.4 Å². The molecule has 4 N–H and O–H groups in total. The zero-order chi connectivity index (χ0) is 17.7. The van der Waals surface area contributed by atoms with Gasteiger partial charge in [0.1, 0.15) is 12.4 Å². The highest BCUT2D eigenvalue weighted by Gasteiger charge is 2.21. The monoisotopic (exact) mass is 328 g/mol. The van der Waals surface area contributed by atoms with Gasteiger partial charge in [-0.05, 0) is 18.6 Å². The van der Waals surface area contributed by atoms with Crippen molar-refractivity contribution in [2.45, 2.75) is 19.4 Å². The van der Waals surface area contributed by atoms with Crippen molar-refractivity contribution in [2.75, 3.05) is 12.3 Å². The molecule has 1 aromatic carbocycles. The Bertz CT molecular complexity index is 801. The molecule has 0 bridgehead atoms. The molecule has 8 nitrogen and oxygen atoms in total. The molecule has 24 heavy (non-hydrogen) atoms. The standard InChI is InChI=1S/C16H16N4O4/c1-2-11(21)8-24-15-12(16(22)23)13(18)19-14(20-15)10-5-3-4-9(6-10)7-17/h3-6,11,21H,2,8H2,1H3,(H,22,23)(H2,18,19,20)/t11-/m1/s1. The maximum atomic E-state index is 11.4. The Labute approximate surface area is 138 Å². The van der Waals surface area contributed by atoms with Crippen LogP contribution in [0.3, 0.4) is 0 Å². The van der Waals surface area contributed by atoms with E-state index in [4.69, 9.17) is 15.7 Å². The lowest BCUT2D eigenvalue weighted by Gasteiger charge is -2.13. The Balaban J connectivity index is 2.49. The molecule has 2 aromatic rings. The third-order valence-electron chi connectivity index (χ3n) is 3.25. The molecule has 0 aliphatic rings. The molecular formula is C16H16N4O4. The van der Waals surface area contributed by atoms with Gasteiger partial charge in [-0.2, -0.15) is 10.2 Å². The minimum Gasteiger partial charge on any atom is -0.477 e.